The van der Waals surface area contributed by atoms with E-state index in [1.807, 2.05) is 19.2 Å². The van der Waals surface area contributed by atoms with Gasteiger partial charge < -0.3 is 15.8 Å². The minimum Gasteiger partial charge on any atom is -0.364 e. The van der Waals surface area contributed by atoms with Crippen LogP contribution in [0, 0.1) is 0 Å². The fourth-order valence-electron chi connectivity index (χ4n) is 2.21. The Morgan fingerprint density at radius 1 is 1.68 bits per heavy atom. The van der Waals surface area contributed by atoms with Gasteiger partial charge in [-0.1, -0.05) is 6.92 Å². The Morgan fingerprint density at radius 2 is 2.47 bits per heavy atom. The van der Waals surface area contributed by atoms with Gasteiger partial charge in [0.25, 0.3) is 0 Å². The lowest BCUT2D eigenvalue weighted by molar-refractivity contribution is -0.133. The first kappa shape index (κ1) is 14.4. The average molecular weight is 283 g/mol. The molecule has 1 unspecified atom stereocenters. The van der Waals surface area contributed by atoms with Crippen molar-refractivity contribution in [2.45, 2.75) is 50.9 Å². The van der Waals surface area contributed by atoms with Gasteiger partial charge in [-0.15, -0.1) is 11.3 Å². The molecule has 106 valence electrons. The van der Waals surface area contributed by atoms with Gasteiger partial charge in [-0.3, -0.25) is 4.79 Å². The Hall–Kier alpha value is -0.980. The fraction of sp³-hybridized carbons (Fsp3) is 0.692. The van der Waals surface area contributed by atoms with Crippen LogP contribution < -0.4 is 11.1 Å². The molecule has 1 saturated heterocycles. The van der Waals surface area contributed by atoms with Gasteiger partial charge in [-0.05, 0) is 26.2 Å². The molecule has 5 nitrogen and oxygen atoms in total. The van der Waals surface area contributed by atoms with Gasteiger partial charge in [0.15, 0.2) is 0 Å². The zero-order valence-corrected chi connectivity index (χ0v) is 12.2. The fourth-order valence-corrected chi connectivity index (χ4v) is 3.04. The van der Waals surface area contributed by atoms with Crippen LogP contribution >= 0.6 is 11.3 Å². The van der Waals surface area contributed by atoms with E-state index < -0.39 is 5.54 Å². The summed E-state index contributed by atoms with van der Waals surface area (Å²) < 4.78 is 5.63. The van der Waals surface area contributed by atoms with E-state index >= 15 is 0 Å². The van der Waals surface area contributed by atoms with Crippen molar-refractivity contribution in [3.8, 4) is 0 Å². The molecule has 2 heterocycles. The molecule has 1 aliphatic rings. The smallest absolute Gasteiger partial charge is 0.249 e. The SMILES string of the molecule is CCC(C)(NC(=O)[C@@H]1CC[C@H](CN)O1)c1nccs1. The summed E-state index contributed by atoms with van der Waals surface area (Å²) >= 11 is 1.56. The van der Waals surface area contributed by atoms with Crippen molar-refractivity contribution < 1.29 is 9.53 Å². The van der Waals surface area contributed by atoms with E-state index in [4.69, 9.17) is 10.5 Å². The first-order chi connectivity index (χ1) is 9.09. The molecule has 3 N–H and O–H groups in total. The molecular formula is C13H21N3O2S. The molecular weight excluding hydrogens is 262 g/mol. The summed E-state index contributed by atoms with van der Waals surface area (Å²) in [5, 5.41) is 5.93. The zero-order valence-electron chi connectivity index (χ0n) is 11.4. The van der Waals surface area contributed by atoms with Gasteiger partial charge in [0.1, 0.15) is 11.1 Å². The second kappa shape index (κ2) is 5.98. The molecule has 0 saturated carbocycles. The number of ether oxygens (including phenoxy) is 1. The van der Waals surface area contributed by atoms with Crippen molar-refractivity contribution >= 4 is 17.2 Å². The quantitative estimate of drug-likeness (QED) is 0.856. The number of carbonyl (C=O) groups excluding carboxylic acids is 1. The number of aromatic nitrogens is 1. The van der Waals surface area contributed by atoms with E-state index in [1.54, 1.807) is 17.5 Å². The molecule has 1 amide bonds. The Kier molecular flexibility index (Phi) is 4.54. The first-order valence-electron chi connectivity index (χ1n) is 6.66. The van der Waals surface area contributed by atoms with Crippen molar-refractivity contribution in [2.24, 2.45) is 5.73 Å². The maximum atomic E-state index is 12.3. The predicted octanol–water partition coefficient (Wildman–Crippen LogP) is 1.39. The summed E-state index contributed by atoms with van der Waals surface area (Å²) in [6.07, 6.45) is 3.79. The highest BCUT2D eigenvalue weighted by molar-refractivity contribution is 7.09. The van der Waals surface area contributed by atoms with Crippen LogP contribution in [-0.2, 0) is 15.1 Å². The van der Waals surface area contributed by atoms with Gasteiger partial charge in [-0.25, -0.2) is 4.98 Å². The van der Waals surface area contributed by atoms with Crippen LogP contribution in [0.25, 0.3) is 0 Å². The third kappa shape index (κ3) is 3.13. The Morgan fingerprint density at radius 3 is 3.00 bits per heavy atom. The number of nitrogens with zero attached hydrogens (tertiary/aromatic N) is 1. The van der Waals surface area contributed by atoms with Crippen LogP contribution in [0.4, 0.5) is 0 Å². The Balaban J connectivity index is 2.01. The number of nitrogens with two attached hydrogens (primary N) is 1. The van der Waals surface area contributed by atoms with Crippen LogP contribution in [0.2, 0.25) is 0 Å². The molecule has 3 atom stereocenters. The monoisotopic (exact) mass is 283 g/mol. The lowest BCUT2D eigenvalue weighted by atomic mass is 9.99. The molecule has 0 bridgehead atoms. The number of carbonyl (C=O) groups is 1. The van der Waals surface area contributed by atoms with Crippen molar-refractivity contribution in [3.63, 3.8) is 0 Å². The maximum Gasteiger partial charge on any atom is 0.249 e. The summed E-state index contributed by atoms with van der Waals surface area (Å²) in [5.41, 5.74) is 5.14. The molecule has 0 radical (unpaired) electrons. The van der Waals surface area contributed by atoms with E-state index in [-0.39, 0.29) is 18.1 Å². The molecule has 0 aromatic carbocycles. The van der Waals surface area contributed by atoms with Crippen LogP contribution in [-0.4, -0.2) is 29.6 Å². The highest BCUT2D eigenvalue weighted by Crippen LogP contribution is 2.27. The lowest BCUT2D eigenvalue weighted by Gasteiger charge is -2.28. The van der Waals surface area contributed by atoms with E-state index in [2.05, 4.69) is 10.3 Å². The number of hydrogen-bond donors (Lipinski definition) is 2. The second-order valence-electron chi connectivity index (χ2n) is 5.07. The van der Waals surface area contributed by atoms with Gasteiger partial charge in [-0.2, -0.15) is 0 Å². The molecule has 1 fully saturated rings. The van der Waals surface area contributed by atoms with E-state index in [1.165, 1.54) is 0 Å². The number of nitrogens with one attached hydrogen (secondary N) is 1. The summed E-state index contributed by atoms with van der Waals surface area (Å²) in [6, 6.07) is 0. The minimum absolute atomic E-state index is 0.0171. The molecule has 6 heteroatoms. The molecule has 0 spiro atoms. The van der Waals surface area contributed by atoms with Gasteiger partial charge in [0.05, 0.1) is 11.6 Å². The molecule has 1 aromatic heterocycles. The summed E-state index contributed by atoms with van der Waals surface area (Å²) in [7, 11) is 0. The summed E-state index contributed by atoms with van der Waals surface area (Å²) in [4.78, 5) is 16.6. The number of hydrogen-bond acceptors (Lipinski definition) is 5. The van der Waals surface area contributed by atoms with Crippen molar-refractivity contribution in [1.82, 2.24) is 10.3 Å². The third-order valence-corrected chi connectivity index (χ3v) is 4.71. The van der Waals surface area contributed by atoms with Gasteiger partial charge in [0.2, 0.25) is 5.91 Å². The lowest BCUT2D eigenvalue weighted by Crippen LogP contribution is -2.47. The highest BCUT2D eigenvalue weighted by Gasteiger charge is 2.35. The van der Waals surface area contributed by atoms with Crippen LogP contribution in [0.15, 0.2) is 11.6 Å². The molecule has 1 aliphatic heterocycles. The molecule has 1 aromatic rings. The number of rotatable bonds is 5. The molecule has 0 aliphatic carbocycles. The van der Waals surface area contributed by atoms with Gasteiger partial charge >= 0.3 is 0 Å². The minimum atomic E-state index is -0.421. The Bertz CT molecular complexity index is 424. The topological polar surface area (TPSA) is 77.2 Å². The number of amides is 1. The maximum absolute atomic E-state index is 12.3. The largest absolute Gasteiger partial charge is 0.364 e. The Labute approximate surface area is 117 Å². The average Bonchev–Trinajstić information content (AvgIpc) is 3.09. The van der Waals surface area contributed by atoms with Crippen LogP contribution in [0.3, 0.4) is 0 Å². The van der Waals surface area contributed by atoms with E-state index in [0.29, 0.717) is 6.54 Å². The molecule has 2 rings (SSSR count). The second-order valence-corrected chi connectivity index (χ2v) is 5.97. The third-order valence-electron chi connectivity index (χ3n) is 3.67. The summed E-state index contributed by atoms with van der Waals surface area (Å²) in [6.45, 7) is 4.51. The summed E-state index contributed by atoms with van der Waals surface area (Å²) in [5.74, 6) is -0.0597. The highest BCUT2D eigenvalue weighted by atomic mass is 32.1. The van der Waals surface area contributed by atoms with E-state index in [0.717, 1.165) is 24.3 Å². The van der Waals surface area contributed by atoms with Gasteiger partial charge in [0, 0.05) is 18.1 Å². The van der Waals surface area contributed by atoms with Crippen molar-refractivity contribution in [2.75, 3.05) is 6.54 Å². The predicted molar refractivity (Wildman–Crippen MR) is 74.8 cm³/mol. The number of thiazole rings is 1. The van der Waals surface area contributed by atoms with E-state index in [9.17, 15) is 4.79 Å². The normalized spacial score (nSPS) is 26.1. The zero-order chi connectivity index (χ0) is 13.9. The standard InChI is InChI=1S/C13H21N3O2S/c1-3-13(2,12-15-6-7-19-12)16-11(17)10-5-4-9(8-14)18-10/h6-7,9-10H,3-5,8,14H2,1-2H3,(H,16,17)/t9-,10+,13?/m1/s1. The van der Waals surface area contributed by atoms with Crippen LogP contribution in [0.1, 0.15) is 38.1 Å². The van der Waals surface area contributed by atoms with Crippen LogP contribution in [0.5, 0.6) is 0 Å². The first-order valence-corrected chi connectivity index (χ1v) is 7.54. The van der Waals surface area contributed by atoms with Crippen molar-refractivity contribution in [3.05, 3.63) is 16.6 Å². The molecule has 19 heavy (non-hydrogen) atoms. The van der Waals surface area contributed by atoms with Crippen molar-refractivity contribution in [1.29, 1.82) is 0 Å².